The third kappa shape index (κ3) is 5.21. The van der Waals surface area contributed by atoms with Gasteiger partial charge in [-0.3, -0.25) is 13.9 Å². The molecule has 3 aromatic rings. The van der Waals surface area contributed by atoms with Crippen molar-refractivity contribution in [1.29, 1.82) is 0 Å². The number of thiazole rings is 1. The fourth-order valence-electron chi connectivity index (χ4n) is 5.70. The van der Waals surface area contributed by atoms with Gasteiger partial charge in [0.2, 0.25) is 5.91 Å². The van der Waals surface area contributed by atoms with Crippen LogP contribution in [0.3, 0.4) is 0 Å². The number of hydrogen-bond acceptors (Lipinski definition) is 7. The molecular weight excluding hydrogens is 476 g/mol. The lowest BCUT2D eigenvalue weighted by atomic mass is 9.93. The zero-order chi connectivity index (χ0) is 25.1. The molecule has 2 saturated heterocycles. The van der Waals surface area contributed by atoms with E-state index in [-0.39, 0.29) is 23.6 Å². The standard InChI is InChI=1S/C26H36N6O3S/c1-35-17-16-31-22-4-2-3-5-23(22)32(26(31)34)21-9-14-30(15-10-21)24(33)19-6-11-29(12-7-19)13-8-20-18-36-25(27)28-20/h2-5,18-19,21H,6-17H2,1H3,(H2,27,28). The van der Waals surface area contributed by atoms with Crippen LogP contribution in [0, 0.1) is 5.92 Å². The lowest BCUT2D eigenvalue weighted by molar-refractivity contribution is -0.138. The summed E-state index contributed by atoms with van der Waals surface area (Å²) in [5, 5.41) is 2.65. The molecule has 1 amide bonds. The summed E-state index contributed by atoms with van der Waals surface area (Å²) in [7, 11) is 1.65. The van der Waals surface area contributed by atoms with Crippen molar-refractivity contribution in [2.24, 2.45) is 5.92 Å². The highest BCUT2D eigenvalue weighted by Crippen LogP contribution is 2.28. The Balaban J connectivity index is 1.15. The zero-order valence-electron chi connectivity index (χ0n) is 21.0. The van der Waals surface area contributed by atoms with Crippen molar-refractivity contribution in [2.75, 3.05) is 52.2 Å². The topological polar surface area (TPSA) is 98.6 Å². The molecule has 2 aliphatic heterocycles. The van der Waals surface area contributed by atoms with Gasteiger partial charge in [0.1, 0.15) is 0 Å². The van der Waals surface area contributed by atoms with Crippen LogP contribution in [-0.2, 0) is 22.5 Å². The van der Waals surface area contributed by atoms with Gasteiger partial charge in [-0.15, -0.1) is 11.3 Å². The molecule has 194 valence electrons. The van der Waals surface area contributed by atoms with E-state index in [9.17, 15) is 9.59 Å². The van der Waals surface area contributed by atoms with Gasteiger partial charge in [0.05, 0.1) is 29.9 Å². The van der Waals surface area contributed by atoms with Crippen LogP contribution in [0.15, 0.2) is 34.4 Å². The van der Waals surface area contributed by atoms with Gasteiger partial charge in [0.25, 0.3) is 0 Å². The first-order chi connectivity index (χ1) is 17.5. The predicted molar refractivity (Wildman–Crippen MR) is 142 cm³/mol. The van der Waals surface area contributed by atoms with Gasteiger partial charge in [-0.2, -0.15) is 0 Å². The highest BCUT2D eigenvalue weighted by atomic mass is 32.1. The van der Waals surface area contributed by atoms with Gasteiger partial charge in [-0.25, -0.2) is 9.78 Å². The van der Waals surface area contributed by atoms with E-state index in [0.29, 0.717) is 31.4 Å². The second-order valence-corrected chi connectivity index (χ2v) is 10.8. The Morgan fingerprint density at radius 3 is 2.47 bits per heavy atom. The molecule has 2 N–H and O–H groups in total. The zero-order valence-corrected chi connectivity index (χ0v) is 21.8. The molecule has 2 aromatic heterocycles. The molecule has 0 radical (unpaired) electrons. The molecule has 0 spiro atoms. The van der Waals surface area contributed by atoms with Crippen LogP contribution in [-0.4, -0.2) is 76.3 Å². The van der Waals surface area contributed by atoms with Crippen LogP contribution >= 0.6 is 11.3 Å². The van der Waals surface area contributed by atoms with E-state index in [1.54, 1.807) is 7.11 Å². The van der Waals surface area contributed by atoms with E-state index in [1.165, 1.54) is 11.3 Å². The lowest BCUT2D eigenvalue weighted by Gasteiger charge is -2.37. The minimum Gasteiger partial charge on any atom is -0.383 e. The number of para-hydroxylation sites is 2. The highest BCUT2D eigenvalue weighted by Gasteiger charge is 2.32. The molecule has 2 fully saturated rings. The second kappa shape index (κ2) is 11.1. The minimum absolute atomic E-state index is 0.0192. The summed E-state index contributed by atoms with van der Waals surface area (Å²) in [5.41, 5.74) is 8.72. The van der Waals surface area contributed by atoms with Crippen LogP contribution in [0.4, 0.5) is 5.13 Å². The number of aromatic nitrogens is 3. The third-order valence-corrected chi connectivity index (χ3v) is 8.44. The summed E-state index contributed by atoms with van der Waals surface area (Å²) >= 11 is 1.49. The summed E-state index contributed by atoms with van der Waals surface area (Å²) in [5.74, 6) is 0.390. The Morgan fingerprint density at radius 2 is 1.81 bits per heavy atom. The Bertz CT molecular complexity index is 1230. The number of rotatable bonds is 8. The lowest BCUT2D eigenvalue weighted by Crippen LogP contribution is -2.46. The molecule has 36 heavy (non-hydrogen) atoms. The average molecular weight is 513 g/mol. The van der Waals surface area contributed by atoms with Gasteiger partial charge >= 0.3 is 5.69 Å². The van der Waals surface area contributed by atoms with Crippen molar-refractivity contribution in [3.63, 3.8) is 0 Å². The quantitative estimate of drug-likeness (QED) is 0.498. The van der Waals surface area contributed by atoms with E-state index in [4.69, 9.17) is 10.5 Å². The monoisotopic (exact) mass is 512 g/mol. The molecule has 0 bridgehead atoms. The Kier molecular flexibility index (Phi) is 7.73. The average Bonchev–Trinajstić information content (AvgIpc) is 3.45. The molecule has 10 heteroatoms. The van der Waals surface area contributed by atoms with Crippen LogP contribution in [0.25, 0.3) is 11.0 Å². The molecule has 2 aliphatic rings. The van der Waals surface area contributed by atoms with Crippen molar-refractivity contribution in [3.8, 4) is 0 Å². The first kappa shape index (κ1) is 25.0. The number of methoxy groups -OCH3 is 1. The SMILES string of the molecule is COCCn1c(=O)n(C2CCN(C(=O)C3CCN(CCc4csc(N)n4)CC3)CC2)c2ccccc21. The number of amides is 1. The highest BCUT2D eigenvalue weighted by molar-refractivity contribution is 7.13. The fraction of sp³-hybridized carbons (Fsp3) is 0.577. The molecule has 9 nitrogen and oxygen atoms in total. The molecule has 0 saturated carbocycles. The number of nitrogens with two attached hydrogens (primary N) is 1. The molecule has 0 aliphatic carbocycles. The number of carbonyl (C=O) groups is 1. The van der Waals surface area contributed by atoms with Gasteiger partial charge in [-0.05, 0) is 50.9 Å². The maximum atomic E-state index is 13.3. The number of ether oxygens (including phenoxy) is 1. The fourth-order valence-corrected chi connectivity index (χ4v) is 6.30. The van der Waals surface area contributed by atoms with Crippen molar-refractivity contribution in [1.82, 2.24) is 23.9 Å². The van der Waals surface area contributed by atoms with Crippen LogP contribution in [0.5, 0.6) is 0 Å². The summed E-state index contributed by atoms with van der Waals surface area (Å²) in [6, 6.07) is 8.08. The number of likely N-dealkylation sites (tertiary alicyclic amines) is 2. The number of anilines is 1. The number of benzene rings is 1. The molecule has 0 atom stereocenters. The van der Waals surface area contributed by atoms with E-state index >= 15 is 0 Å². The molecule has 0 unspecified atom stereocenters. The predicted octanol–water partition coefficient (Wildman–Crippen LogP) is 2.61. The largest absolute Gasteiger partial charge is 0.383 e. The van der Waals surface area contributed by atoms with Crippen molar-refractivity contribution >= 4 is 33.4 Å². The van der Waals surface area contributed by atoms with Gasteiger partial charge < -0.3 is 20.3 Å². The summed E-state index contributed by atoms with van der Waals surface area (Å²) in [6.07, 6.45) is 4.33. The number of nitrogens with zero attached hydrogens (tertiary/aromatic N) is 5. The van der Waals surface area contributed by atoms with E-state index < -0.39 is 0 Å². The Hall–Kier alpha value is -2.69. The third-order valence-electron chi connectivity index (χ3n) is 7.72. The number of imidazole rings is 1. The Morgan fingerprint density at radius 1 is 1.08 bits per heavy atom. The smallest absolute Gasteiger partial charge is 0.329 e. The molecule has 4 heterocycles. The van der Waals surface area contributed by atoms with Crippen LogP contribution < -0.4 is 11.4 Å². The molecular formula is C26H36N6O3S. The van der Waals surface area contributed by atoms with Gasteiger partial charge in [-0.1, -0.05) is 12.1 Å². The van der Waals surface area contributed by atoms with Gasteiger partial charge in [0.15, 0.2) is 5.13 Å². The maximum absolute atomic E-state index is 13.3. The number of nitrogen functional groups attached to an aromatic ring is 1. The number of fused-ring (bicyclic) bond motifs is 1. The Labute approximate surface area is 215 Å². The van der Waals surface area contributed by atoms with Gasteiger partial charge in [0, 0.05) is 50.5 Å². The van der Waals surface area contributed by atoms with Crippen molar-refractivity contribution in [2.45, 2.75) is 44.7 Å². The minimum atomic E-state index is 0.0192. The first-order valence-electron chi connectivity index (χ1n) is 12.9. The summed E-state index contributed by atoms with van der Waals surface area (Å²) in [4.78, 5) is 35.4. The number of carbonyl (C=O) groups excluding carboxylic acids is 1. The van der Waals surface area contributed by atoms with Crippen molar-refractivity contribution < 1.29 is 9.53 Å². The summed E-state index contributed by atoms with van der Waals surface area (Å²) < 4.78 is 8.98. The molecule has 1 aromatic carbocycles. The van der Waals surface area contributed by atoms with Crippen LogP contribution in [0.1, 0.15) is 37.4 Å². The second-order valence-electron chi connectivity index (χ2n) is 9.89. The van der Waals surface area contributed by atoms with E-state index in [1.807, 2.05) is 43.7 Å². The van der Waals surface area contributed by atoms with E-state index in [0.717, 1.165) is 68.5 Å². The summed E-state index contributed by atoms with van der Waals surface area (Å²) in [6.45, 7) is 5.31. The molecule has 5 rings (SSSR count). The van der Waals surface area contributed by atoms with Crippen LogP contribution in [0.2, 0.25) is 0 Å². The van der Waals surface area contributed by atoms with Crippen molar-refractivity contribution in [3.05, 3.63) is 45.8 Å². The van der Waals surface area contributed by atoms with E-state index in [2.05, 4.69) is 9.88 Å². The normalized spacial score (nSPS) is 18.3. The number of piperidine rings is 2. The number of hydrogen-bond donors (Lipinski definition) is 1. The maximum Gasteiger partial charge on any atom is 0.329 e. The first-order valence-corrected chi connectivity index (χ1v) is 13.8.